The van der Waals surface area contributed by atoms with Crippen molar-refractivity contribution >= 4 is 28.2 Å². The fourth-order valence-electron chi connectivity index (χ4n) is 3.03. The molecule has 3 heterocycles. The van der Waals surface area contributed by atoms with Crippen LogP contribution in [-0.2, 0) is 0 Å². The number of hydrogen-bond acceptors (Lipinski definition) is 6. The van der Waals surface area contributed by atoms with Crippen LogP contribution in [0.25, 0.3) is 0 Å². The molecule has 2 N–H and O–H groups in total. The molecule has 0 unspecified atom stereocenters. The zero-order valence-electron chi connectivity index (χ0n) is 13.2. The molecule has 1 fully saturated rings. The van der Waals surface area contributed by atoms with Gasteiger partial charge in [0.2, 0.25) is 5.13 Å². The molecule has 2 aromatic rings. The van der Waals surface area contributed by atoms with Crippen LogP contribution in [0.1, 0.15) is 40.8 Å². The second-order valence-corrected chi connectivity index (χ2v) is 7.50. The van der Waals surface area contributed by atoms with E-state index in [2.05, 4.69) is 25.9 Å². The first-order chi connectivity index (χ1) is 11.8. The third-order valence-corrected chi connectivity index (χ3v) is 5.14. The molecule has 4 rings (SSSR count). The number of nitrogens with zero attached hydrogens (tertiary/aromatic N) is 4. The minimum atomic E-state index is -4.42. The number of nitrogens with one attached hydrogen (secondary N) is 2. The van der Waals surface area contributed by atoms with Crippen molar-refractivity contribution in [2.45, 2.75) is 44.4 Å². The topological polar surface area (TPSA) is 84.7 Å². The molecule has 1 aliphatic carbocycles. The Labute approximate surface area is 144 Å². The summed E-state index contributed by atoms with van der Waals surface area (Å²) in [5.74, 6) is -0.122. The molecule has 11 heteroatoms. The highest BCUT2D eigenvalue weighted by molar-refractivity contribution is 7.15. The summed E-state index contributed by atoms with van der Waals surface area (Å²) in [6.07, 6.45) is -2.63. The maximum Gasteiger partial charge on any atom is 0.410 e. The lowest BCUT2D eigenvalue weighted by atomic mass is 10.0. The highest BCUT2D eigenvalue weighted by atomic mass is 32.1. The van der Waals surface area contributed by atoms with Gasteiger partial charge in [-0.2, -0.15) is 18.3 Å². The molecular formula is C14H15F3N6OS. The lowest BCUT2D eigenvalue weighted by Gasteiger charge is -2.33. The van der Waals surface area contributed by atoms with Crippen LogP contribution in [0.3, 0.4) is 0 Å². The van der Waals surface area contributed by atoms with Gasteiger partial charge in [0.05, 0.1) is 0 Å². The Morgan fingerprint density at radius 1 is 1.40 bits per heavy atom. The van der Waals surface area contributed by atoms with Crippen molar-refractivity contribution < 1.29 is 18.0 Å². The molecule has 0 bridgehead atoms. The van der Waals surface area contributed by atoms with Crippen molar-refractivity contribution in [3.05, 3.63) is 16.8 Å². The molecule has 1 saturated carbocycles. The number of aromatic nitrogens is 4. The zero-order chi connectivity index (χ0) is 17.8. The summed E-state index contributed by atoms with van der Waals surface area (Å²) < 4.78 is 41.2. The minimum absolute atomic E-state index is 0.0699. The van der Waals surface area contributed by atoms with Gasteiger partial charge >= 0.3 is 6.18 Å². The van der Waals surface area contributed by atoms with Crippen LogP contribution in [0, 0.1) is 12.8 Å². The van der Waals surface area contributed by atoms with Crippen molar-refractivity contribution in [2.24, 2.45) is 5.92 Å². The maximum atomic E-state index is 13.4. The first-order valence-corrected chi connectivity index (χ1v) is 8.67. The van der Waals surface area contributed by atoms with Gasteiger partial charge in [-0.05, 0) is 32.1 Å². The van der Waals surface area contributed by atoms with Crippen LogP contribution >= 0.6 is 11.3 Å². The van der Waals surface area contributed by atoms with Crippen molar-refractivity contribution in [1.82, 2.24) is 20.0 Å². The molecule has 0 saturated heterocycles. The van der Waals surface area contributed by atoms with Crippen molar-refractivity contribution in [3.63, 3.8) is 0 Å². The molecule has 0 spiro atoms. The van der Waals surface area contributed by atoms with Gasteiger partial charge in [0.25, 0.3) is 5.91 Å². The first-order valence-electron chi connectivity index (χ1n) is 7.85. The average molecular weight is 372 g/mol. The predicted octanol–water partition coefficient (Wildman–Crippen LogP) is 2.99. The number of anilines is 2. The smallest absolute Gasteiger partial charge is 0.367 e. The summed E-state index contributed by atoms with van der Waals surface area (Å²) in [6, 6.07) is -0.603. The number of carbonyl (C=O) groups excluding carboxylic acids is 1. The predicted molar refractivity (Wildman–Crippen MR) is 84.7 cm³/mol. The van der Waals surface area contributed by atoms with E-state index in [-0.39, 0.29) is 35.0 Å². The molecule has 25 heavy (non-hydrogen) atoms. The van der Waals surface area contributed by atoms with E-state index in [1.54, 1.807) is 6.92 Å². The number of aryl methyl sites for hydroxylation is 1. The molecule has 2 aromatic heterocycles. The average Bonchev–Trinajstić information content (AvgIpc) is 3.17. The number of amides is 1. The van der Waals surface area contributed by atoms with Crippen LogP contribution in [-0.4, -0.2) is 38.1 Å². The quantitative estimate of drug-likeness (QED) is 0.865. The molecule has 0 aromatic carbocycles. The fourth-order valence-corrected chi connectivity index (χ4v) is 3.62. The molecular weight excluding hydrogens is 357 g/mol. The summed E-state index contributed by atoms with van der Waals surface area (Å²) in [4.78, 5) is 12.3. The van der Waals surface area contributed by atoms with Gasteiger partial charge in [-0.1, -0.05) is 11.3 Å². The molecule has 0 radical (unpaired) electrons. The summed E-state index contributed by atoms with van der Waals surface area (Å²) in [7, 11) is 0. The third-order valence-electron chi connectivity index (χ3n) is 4.39. The van der Waals surface area contributed by atoms with Crippen LogP contribution in [0.4, 0.5) is 24.1 Å². The van der Waals surface area contributed by atoms with Crippen LogP contribution in [0.15, 0.2) is 6.07 Å². The Morgan fingerprint density at radius 2 is 2.16 bits per heavy atom. The standard InChI is InChI=1S/C14H15F3N6OS/c1-6-20-21-13(25-6)19-12(24)9-5-11-18-8(7-2-3-7)4-10(14(15,16)17)23(11)22-9/h5,7-8,10,18H,2-4H2,1H3,(H,19,21,24)/t8-,10+/m1/s1. The van der Waals surface area contributed by atoms with Gasteiger partial charge < -0.3 is 5.32 Å². The van der Waals surface area contributed by atoms with E-state index in [1.165, 1.54) is 17.4 Å². The third kappa shape index (κ3) is 3.20. The SMILES string of the molecule is Cc1nnc(NC(=O)c2cc3n(n2)[C@H](C(F)(F)F)C[C@H](C2CC2)N3)s1. The van der Waals surface area contributed by atoms with Crippen molar-refractivity contribution in [1.29, 1.82) is 0 Å². The Kier molecular flexibility index (Phi) is 3.71. The Hall–Kier alpha value is -2.17. The Morgan fingerprint density at radius 3 is 2.76 bits per heavy atom. The number of rotatable bonds is 3. The summed E-state index contributed by atoms with van der Waals surface area (Å²) in [5.41, 5.74) is -0.0824. The normalized spacial score (nSPS) is 23.0. The highest BCUT2D eigenvalue weighted by Gasteiger charge is 2.49. The van der Waals surface area contributed by atoms with E-state index in [1.807, 2.05) is 0 Å². The number of halogens is 3. The van der Waals surface area contributed by atoms with Gasteiger partial charge in [-0.3, -0.25) is 10.1 Å². The summed E-state index contributed by atoms with van der Waals surface area (Å²) >= 11 is 1.18. The highest BCUT2D eigenvalue weighted by Crippen LogP contribution is 2.45. The minimum Gasteiger partial charge on any atom is -0.367 e. The summed E-state index contributed by atoms with van der Waals surface area (Å²) in [5, 5.41) is 18.0. The Balaban J connectivity index is 1.61. The molecule has 2 aliphatic rings. The van der Waals surface area contributed by atoms with E-state index >= 15 is 0 Å². The number of carbonyl (C=O) groups is 1. The van der Waals surface area contributed by atoms with E-state index in [4.69, 9.17) is 0 Å². The van der Waals surface area contributed by atoms with E-state index < -0.39 is 18.1 Å². The van der Waals surface area contributed by atoms with Gasteiger partial charge in [0.1, 0.15) is 10.8 Å². The maximum absolute atomic E-state index is 13.4. The van der Waals surface area contributed by atoms with Crippen molar-refractivity contribution in [3.8, 4) is 0 Å². The second-order valence-electron chi connectivity index (χ2n) is 6.32. The fraction of sp³-hybridized carbons (Fsp3) is 0.571. The van der Waals surface area contributed by atoms with Crippen LogP contribution in [0.5, 0.6) is 0 Å². The molecule has 1 amide bonds. The number of alkyl halides is 3. The summed E-state index contributed by atoms with van der Waals surface area (Å²) in [6.45, 7) is 1.73. The number of hydrogen-bond donors (Lipinski definition) is 2. The van der Waals surface area contributed by atoms with Gasteiger partial charge in [-0.15, -0.1) is 10.2 Å². The first kappa shape index (κ1) is 16.3. The zero-order valence-corrected chi connectivity index (χ0v) is 14.0. The van der Waals surface area contributed by atoms with Crippen LogP contribution in [0.2, 0.25) is 0 Å². The second kappa shape index (κ2) is 5.68. The molecule has 7 nitrogen and oxygen atoms in total. The van der Waals surface area contributed by atoms with Gasteiger partial charge in [0.15, 0.2) is 11.7 Å². The number of fused-ring (bicyclic) bond motifs is 1. The Bertz CT molecular complexity index is 812. The lowest BCUT2D eigenvalue weighted by molar-refractivity contribution is -0.174. The largest absolute Gasteiger partial charge is 0.410 e. The lowest BCUT2D eigenvalue weighted by Crippen LogP contribution is -2.40. The molecule has 1 aliphatic heterocycles. The molecule has 134 valence electrons. The van der Waals surface area contributed by atoms with Gasteiger partial charge in [-0.25, -0.2) is 4.68 Å². The van der Waals surface area contributed by atoms with Gasteiger partial charge in [0, 0.05) is 12.1 Å². The van der Waals surface area contributed by atoms with E-state index in [0.717, 1.165) is 17.5 Å². The van der Waals surface area contributed by atoms with Crippen molar-refractivity contribution in [2.75, 3.05) is 10.6 Å². The van der Waals surface area contributed by atoms with E-state index in [0.29, 0.717) is 5.01 Å². The van der Waals surface area contributed by atoms with Crippen LogP contribution < -0.4 is 10.6 Å². The molecule has 2 atom stereocenters. The monoisotopic (exact) mass is 372 g/mol. The van der Waals surface area contributed by atoms with E-state index in [9.17, 15) is 18.0 Å².